The van der Waals surface area contributed by atoms with Gasteiger partial charge in [0.15, 0.2) is 6.10 Å². The van der Waals surface area contributed by atoms with Crippen molar-refractivity contribution < 1.29 is 27.5 Å². The van der Waals surface area contributed by atoms with E-state index in [1.54, 1.807) is 0 Å². The van der Waals surface area contributed by atoms with E-state index in [1.165, 1.54) is 12.1 Å². The standard InChI is InChI=1S/C24H20F3NO3/c25-24(26,27)19-12-7-13-20(16-19)28-21(29)14-15-22(30)31-23(17-8-3-1-4-9-17)18-10-5-2-6-11-18/h1-13,16,23H,14-15H2,(H,28,29). The summed E-state index contributed by atoms with van der Waals surface area (Å²) in [6.45, 7) is 0. The van der Waals surface area contributed by atoms with Crippen LogP contribution in [0.5, 0.6) is 0 Å². The zero-order chi connectivity index (χ0) is 22.3. The van der Waals surface area contributed by atoms with E-state index in [4.69, 9.17) is 4.74 Å². The highest BCUT2D eigenvalue weighted by molar-refractivity contribution is 5.92. The maximum atomic E-state index is 12.8. The van der Waals surface area contributed by atoms with Gasteiger partial charge >= 0.3 is 12.1 Å². The molecule has 0 fully saturated rings. The predicted molar refractivity (Wildman–Crippen MR) is 110 cm³/mol. The lowest BCUT2D eigenvalue weighted by Crippen LogP contribution is -2.17. The highest BCUT2D eigenvalue weighted by Gasteiger charge is 2.30. The van der Waals surface area contributed by atoms with E-state index < -0.39 is 29.7 Å². The van der Waals surface area contributed by atoms with Crippen molar-refractivity contribution >= 4 is 17.6 Å². The van der Waals surface area contributed by atoms with Gasteiger partial charge in [0, 0.05) is 12.1 Å². The molecule has 3 rings (SSSR count). The summed E-state index contributed by atoms with van der Waals surface area (Å²) >= 11 is 0. The number of carbonyl (C=O) groups is 2. The van der Waals surface area contributed by atoms with E-state index in [0.29, 0.717) is 0 Å². The molecule has 0 bridgehead atoms. The Kier molecular flexibility index (Phi) is 7.07. The Morgan fingerprint density at radius 1 is 0.806 bits per heavy atom. The third-order valence-electron chi connectivity index (χ3n) is 4.48. The number of alkyl halides is 3. The second kappa shape index (κ2) is 9.93. The van der Waals surface area contributed by atoms with Gasteiger partial charge in [-0.25, -0.2) is 0 Å². The lowest BCUT2D eigenvalue weighted by Gasteiger charge is -2.19. The highest BCUT2D eigenvalue weighted by atomic mass is 19.4. The van der Waals surface area contributed by atoms with Gasteiger partial charge in [0.25, 0.3) is 0 Å². The highest BCUT2D eigenvalue weighted by Crippen LogP contribution is 2.31. The molecule has 7 heteroatoms. The minimum Gasteiger partial charge on any atom is -0.453 e. The Balaban J connectivity index is 1.60. The third kappa shape index (κ3) is 6.44. The molecule has 4 nitrogen and oxygen atoms in total. The largest absolute Gasteiger partial charge is 0.453 e. The van der Waals surface area contributed by atoms with E-state index in [0.717, 1.165) is 23.3 Å². The number of benzene rings is 3. The summed E-state index contributed by atoms with van der Waals surface area (Å²) in [6.07, 6.45) is -5.55. The zero-order valence-electron chi connectivity index (χ0n) is 16.4. The number of ether oxygens (including phenoxy) is 1. The van der Waals surface area contributed by atoms with Crippen molar-refractivity contribution in [3.8, 4) is 0 Å². The normalized spacial score (nSPS) is 11.2. The van der Waals surface area contributed by atoms with Crippen LogP contribution >= 0.6 is 0 Å². The minimum absolute atomic E-state index is 0.0136. The molecule has 0 spiro atoms. The van der Waals surface area contributed by atoms with Gasteiger partial charge in [0.1, 0.15) is 0 Å². The van der Waals surface area contributed by atoms with E-state index >= 15 is 0 Å². The van der Waals surface area contributed by atoms with Crippen LogP contribution in [0, 0.1) is 0 Å². The number of nitrogens with one attached hydrogen (secondary N) is 1. The number of anilines is 1. The van der Waals surface area contributed by atoms with Gasteiger partial charge in [-0.05, 0) is 29.3 Å². The molecule has 0 heterocycles. The van der Waals surface area contributed by atoms with Crippen LogP contribution in [0.1, 0.15) is 35.6 Å². The molecule has 0 aliphatic rings. The van der Waals surface area contributed by atoms with Crippen LogP contribution in [0.15, 0.2) is 84.9 Å². The number of hydrogen-bond acceptors (Lipinski definition) is 3. The van der Waals surface area contributed by atoms with E-state index in [1.807, 2.05) is 60.7 Å². The van der Waals surface area contributed by atoms with Crippen molar-refractivity contribution in [3.05, 3.63) is 102 Å². The SMILES string of the molecule is O=C(CCC(=O)OC(c1ccccc1)c1ccccc1)Nc1cccc(C(F)(F)F)c1. The number of carbonyl (C=O) groups excluding carboxylic acids is 2. The van der Waals surface area contributed by atoms with E-state index in [2.05, 4.69) is 5.32 Å². The number of hydrogen-bond donors (Lipinski definition) is 1. The lowest BCUT2D eigenvalue weighted by molar-refractivity contribution is -0.148. The molecule has 0 unspecified atom stereocenters. The smallest absolute Gasteiger partial charge is 0.416 e. The summed E-state index contributed by atoms with van der Waals surface area (Å²) in [4.78, 5) is 24.5. The quantitative estimate of drug-likeness (QED) is 0.488. The maximum absolute atomic E-state index is 12.8. The first-order valence-corrected chi connectivity index (χ1v) is 9.59. The molecular weight excluding hydrogens is 407 g/mol. The first-order valence-electron chi connectivity index (χ1n) is 9.59. The average Bonchev–Trinajstić information content (AvgIpc) is 2.77. The van der Waals surface area contributed by atoms with Crippen molar-refractivity contribution in [2.24, 2.45) is 0 Å². The van der Waals surface area contributed by atoms with E-state index in [9.17, 15) is 22.8 Å². The van der Waals surface area contributed by atoms with Gasteiger partial charge in [-0.3, -0.25) is 9.59 Å². The molecule has 31 heavy (non-hydrogen) atoms. The summed E-state index contributed by atoms with van der Waals surface area (Å²) in [6, 6.07) is 22.7. The molecule has 3 aromatic rings. The molecule has 0 atom stereocenters. The summed E-state index contributed by atoms with van der Waals surface area (Å²) in [5, 5.41) is 2.38. The van der Waals surface area contributed by atoms with Crippen LogP contribution in [0.3, 0.4) is 0 Å². The van der Waals surface area contributed by atoms with Crippen molar-refractivity contribution in [2.75, 3.05) is 5.32 Å². The Hall–Kier alpha value is -3.61. The monoisotopic (exact) mass is 427 g/mol. The summed E-state index contributed by atoms with van der Waals surface area (Å²) in [5.41, 5.74) is 0.726. The molecule has 0 aliphatic carbocycles. The Morgan fingerprint density at radius 3 is 1.94 bits per heavy atom. The van der Waals surface area contributed by atoms with Crippen molar-refractivity contribution in [3.63, 3.8) is 0 Å². The Morgan fingerprint density at radius 2 is 1.39 bits per heavy atom. The molecular formula is C24H20F3NO3. The molecule has 160 valence electrons. The molecule has 1 amide bonds. The van der Waals surface area contributed by atoms with Crippen LogP contribution in [-0.2, 0) is 20.5 Å². The van der Waals surface area contributed by atoms with Crippen LogP contribution in [-0.4, -0.2) is 11.9 Å². The maximum Gasteiger partial charge on any atom is 0.416 e. The predicted octanol–water partition coefficient (Wildman–Crippen LogP) is 5.76. The zero-order valence-corrected chi connectivity index (χ0v) is 16.4. The van der Waals surface area contributed by atoms with Crippen LogP contribution < -0.4 is 5.32 Å². The van der Waals surface area contributed by atoms with Crippen LogP contribution in [0.4, 0.5) is 18.9 Å². The van der Waals surface area contributed by atoms with Gasteiger partial charge in [0.2, 0.25) is 5.91 Å². The van der Waals surface area contributed by atoms with E-state index in [-0.39, 0.29) is 18.5 Å². The summed E-state index contributed by atoms with van der Waals surface area (Å²) in [7, 11) is 0. The van der Waals surface area contributed by atoms with Gasteiger partial charge in [-0.1, -0.05) is 66.7 Å². The topological polar surface area (TPSA) is 55.4 Å². The van der Waals surface area contributed by atoms with Gasteiger partial charge in [-0.2, -0.15) is 13.2 Å². The molecule has 0 radical (unpaired) electrons. The first kappa shape index (κ1) is 22.1. The molecule has 0 saturated carbocycles. The lowest BCUT2D eigenvalue weighted by atomic mass is 10.0. The average molecular weight is 427 g/mol. The molecule has 1 N–H and O–H groups in total. The second-order valence-corrected chi connectivity index (χ2v) is 6.82. The van der Waals surface area contributed by atoms with Crippen LogP contribution in [0.2, 0.25) is 0 Å². The fourth-order valence-electron chi connectivity index (χ4n) is 2.99. The molecule has 0 saturated heterocycles. The van der Waals surface area contributed by atoms with Crippen molar-refractivity contribution in [2.45, 2.75) is 25.1 Å². The fraction of sp³-hybridized carbons (Fsp3) is 0.167. The Bertz CT molecular complexity index is 981. The second-order valence-electron chi connectivity index (χ2n) is 6.82. The van der Waals surface area contributed by atoms with Gasteiger partial charge in [-0.15, -0.1) is 0 Å². The van der Waals surface area contributed by atoms with Gasteiger partial charge < -0.3 is 10.1 Å². The molecule has 0 aromatic heterocycles. The number of rotatable bonds is 7. The Labute approximate surface area is 177 Å². The summed E-state index contributed by atoms with van der Waals surface area (Å²) in [5.74, 6) is -1.16. The fourth-order valence-corrected chi connectivity index (χ4v) is 2.99. The van der Waals surface area contributed by atoms with Crippen LogP contribution in [0.25, 0.3) is 0 Å². The number of esters is 1. The van der Waals surface area contributed by atoms with Crippen molar-refractivity contribution in [1.82, 2.24) is 0 Å². The molecule has 3 aromatic carbocycles. The minimum atomic E-state index is -4.51. The molecule has 0 aliphatic heterocycles. The summed E-state index contributed by atoms with van der Waals surface area (Å²) < 4.78 is 44.0. The van der Waals surface area contributed by atoms with Crippen molar-refractivity contribution in [1.29, 1.82) is 0 Å². The third-order valence-corrected chi connectivity index (χ3v) is 4.48. The number of halogens is 3. The number of amides is 1. The first-order chi connectivity index (χ1) is 14.8. The van der Waals surface area contributed by atoms with Gasteiger partial charge in [0.05, 0.1) is 12.0 Å².